The van der Waals surface area contributed by atoms with E-state index in [4.69, 9.17) is 4.74 Å². The number of fused-ring (bicyclic) bond motifs is 1. The van der Waals surface area contributed by atoms with Crippen LogP contribution in [0.5, 0.6) is 0 Å². The van der Waals surface area contributed by atoms with Gasteiger partial charge in [-0.25, -0.2) is 0 Å². The minimum atomic E-state index is 0.153. The van der Waals surface area contributed by atoms with Gasteiger partial charge < -0.3 is 9.64 Å². The van der Waals surface area contributed by atoms with Crippen molar-refractivity contribution >= 4 is 11.5 Å². The average Bonchev–Trinajstić information content (AvgIpc) is 2.48. The Kier molecular flexibility index (Phi) is 4.06. The summed E-state index contributed by atoms with van der Waals surface area (Å²) < 4.78 is 5.86. The van der Waals surface area contributed by atoms with E-state index in [-0.39, 0.29) is 5.78 Å². The molecule has 0 N–H and O–H groups in total. The van der Waals surface area contributed by atoms with Crippen molar-refractivity contribution in [3.05, 3.63) is 29.3 Å². The first-order chi connectivity index (χ1) is 9.74. The van der Waals surface area contributed by atoms with Crippen LogP contribution in [-0.2, 0) is 11.2 Å². The Hall–Kier alpha value is -1.35. The lowest BCUT2D eigenvalue weighted by Crippen LogP contribution is -2.38. The van der Waals surface area contributed by atoms with Gasteiger partial charge in [-0.3, -0.25) is 4.79 Å². The van der Waals surface area contributed by atoms with Gasteiger partial charge in [0.25, 0.3) is 0 Å². The Balaban J connectivity index is 1.77. The summed E-state index contributed by atoms with van der Waals surface area (Å²) in [6.07, 6.45) is 6.29. The molecule has 1 aromatic rings. The number of ether oxygens (including phenoxy) is 1. The van der Waals surface area contributed by atoms with Crippen molar-refractivity contribution in [2.24, 2.45) is 0 Å². The van der Waals surface area contributed by atoms with Crippen molar-refractivity contribution in [2.75, 3.05) is 24.6 Å². The Labute approximate surface area is 120 Å². The van der Waals surface area contributed by atoms with Gasteiger partial charge in [-0.1, -0.05) is 0 Å². The SMILES string of the molecule is CC(=O)c1ccc2c(c1)CCCN2CC1CCCCO1. The third-order valence-electron chi connectivity index (χ3n) is 4.40. The molecule has 0 spiro atoms. The molecule has 1 atom stereocenters. The van der Waals surface area contributed by atoms with Crippen LogP contribution in [0.4, 0.5) is 5.69 Å². The van der Waals surface area contributed by atoms with Crippen LogP contribution >= 0.6 is 0 Å². The zero-order valence-corrected chi connectivity index (χ0v) is 12.2. The van der Waals surface area contributed by atoms with Gasteiger partial charge in [0.1, 0.15) is 0 Å². The number of aryl methyl sites for hydroxylation is 1. The highest BCUT2D eigenvalue weighted by molar-refractivity contribution is 5.94. The molecule has 2 aliphatic heterocycles. The number of ketones is 1. The summed E-state index contributed by atoms with van der Waals surface area (Å²) >= 11 is 0. The summed E-state index contributed by atoms with van der Waals surface area (Å²) in [6, 6.07) is 6.15. The van der Waals surface area contributed by atoms with E-state index in [1.165, 1.54) is 36.9 Å². The lowest BCUT2D eigenvalue weighted by Gasteiger charge is -2.35. The van der Waals surface area contributed by atoms with Crippen molar-refractivity contribution in [3.63, 3.8) is 0 Å². The van der Waals surface area contributed by atoms with Gasteiger partial charge in [0, 0.05) is 30.9 Å². The van der Waals surface area contributed by atoms with Gasteiger partial charge in [-0.2, -0.15) is 0 Å². The molecule has 3 nitrogen and oxygen atoms in total. The molecular weight excluding hydrogens is 250 g/mol. The molecule has 108 valence electrons. The number of carbonyl (C=O) groups is 1. The number of benzene rings is 1. The molecule has 1 aromatic carbocycles. The molecule has 1 unspecified atom stereocenters. The quantitative estimate of drug-likeness (QED) is 0.792. The molecule has 0 aliphatic carbocycles. The molecule has 0 saturated carbocycles. The Morgan fingerprint density at radius 2 is 2.25 bits per heavy atom. The largest absolute Gasteiger partial charge is 0.376 e. The fourth-order valence-corrected chi connectivity index (χ4v) is 3.28. The van der Waals surface area contributed by atoms with E-state index in [1.807, 2.05) is 6.07 Å². The van der Waals surface area contributed by atoms with Crippen LogP contribution in [0.2, 0.25) is 0 Å². The second-order valence-electron chi connectivity index (χ2n) is 5.94. The molecule has 0 bridgehead atoms. The third kappa shape index (κ3) is 2.88. The molecule has 0 radical (unpaired) electrons. The summed E-state index contributed by atoms with van der Waals surface area (Å²) in [5, 5.41) is 0. The van der Waals surface area contributed by atoms with Crippen molar-refractivity contribution in [2.45, 2.75) is 45.1 Å². The van der Waals surface area contributed by atoms with Crippen LogP contribution in [-0.4, -0.2) is 31.6 Å². The highest BCUT2D eigenvalue weighted by Crippen LogP contribution is 2.29. The number of Topliss-reactive ketones (excluding diaryl/α,β-unsaturated/α-hetero) is 1. The van der Waals surface area contributed by atoms with Gasteiger partial charge in [0.15, 0.2) is 5.78 Å². The van der Waals surface area contributed by atoms with Crippen LogP contribution in [0.25, 0.3) is 0 Å². The number of nitrogens with zero attached hydrogens (tertiary/aromatic N) is 1. The zero-order chi connectivity index (χ0) is 13.9. The van der Waals surface area contributed by atoms with Crippen LogP contribution in [0.15, 0.2) is 18.2 Å². The summed E-state index contributed by atoms with van der Waals surface area (Å²) in [5.41, 5.74) is 3.45. The first-order valence-electron chi connectivity index (χ1n) is 7.74. The lowest BCUT2D eigenvalue weighted by atomic mass is 9.97. The smallest absolute Gasteiger partial charge is 0.159 e. The number of rotatable bonds is 3. The van der Waals surface area contributed by atoms with Crippen LogP contribution in [0, 0.1) is 0 Å². The van der Waals surface area contributed by atoms with Crippen molar-refractivity contribution in [3.8, 4) is 0 Å². The van der Waals surface area contributed by atoms with Crippen molar-refractivity contribution < 1.29 is 9.53 Å². The van der Waals surface area contributed by atoms with Crippen molar-refractivity contribution in [1.29, 1.82) is 0 Å². The fourth-order valence-electron chi connectivity index (χ4n) is 3.28. The second kappa shape index (κ2) is 5.96. The monoisotopic (exact) mass is 273 g/mol. The topological polar surface area (TPSA) is 29.5 Å². The molecule has 2 heterocycles. The number of hydrogen-bond acceptors (Lipinski definition) is 3. The van der Waals surface area contributed by atoms with E-state index in [2.05, 4.69) is 17.0 Å². The van der Waals surface area contributed by atoms with Gasteiger partial charge >= 0.3 is 0 Å². The first kappa shape index (κ1) is 13.6. The van der Waals surface area contributed by atoms with Crippen LogP contribution < -0.4 is 4.90 Å². The van der Waals surface area contributed by atoms with E-state index in [0.717, 1.165) is 31.7 Å². The molecule has 0 amide bonds. The number of carbonyl (C=O) groups excluding carboxylic acids is 1. The second-order valence-corrected chi connectivity index (χ2v) is 5.94. The molecular formula is C17H23NO2. The molecule has 1 fully saturated rings. The third-order valence-corrected chi connectivity index (χ3v) is 4.40. The van der Waals surface area contributed by atoms with E-state index in [9.17, 15) is 4.79 Å². The molecule has 0 aromatic heterocycles. The molecule has 1 saturated heterocycles. The number of anilines is 1. The molecule has 3 heteroatoms. The highest BCUT2D eigenvalue weighted by Gasteiger charge is 2.22. The summed E-state index contributed by atoms with van der Waals surface area (Å²) in [5.74, 6) is 0.153. The number of hydrogen-bond donors (Lipinski definition) is 0. The Morgan fingerprint density at radius 3 is 3.00 bits per heavy atom. The molecule has 3 rings (SSSR count). The molecule has 20 heavy (non-hydrogen) atoms. The minimum Gasteiger partial charge on any atom is -0.376 e. The van der Waals surface area contributed by atoms with Crippen LogP contribution in [0.3, 0.4) is 0 Å². The summed E-state index contributed by atoms with van der Waals surface area (Å²) in [7, 11) is 0. The normalized spacial score (nSPS) is 22.4. The zero-order valence-electron chi connectivity index (χ0n) is 12.2. The van der Waals surface area contributed by atoms with Crippen molar-refractivity contribution in [1.82, 2.24) is 0 Å². The van der Waals surface area contributed by atoms with E-state index in [0.29, 0.717) is 6.10 Å². The highest BCUT2D eigenvalue weighted by atomic mass is 16.5. The van der Waals surface area contributed by atoms with Gasteiger partial charge in [0.05, 0.1) is 6.10 Å². The fraction of sp³-hybridized carbons (Fsp3) is 0.588. The standard InChI is InChI=1S/C17H23NO2/c1-13(19)14-7-8-17-15(11-14)5-4-9-18(17)12-16-6-2-3-10-20-16/h7-8,11,16H,2-6,9-10,12H2,1H3. The summed E-state index contributed by atoms with van der Waals surface area (Å²) in [6.45, 7) is 4.64. The van der Waals surface area contributed by atoms with Gasteiger partial charge in [0.2, 0.25) is 0 Å². The lowest BCUT2D eigenvalue weighted by molar-refractivity contribution is 0.0208. The van der Waals surface area contributed by atoms with E-state index >= 15 is 0 Å². The maximum absolute atomic E-state index is 11.5. The Bertz CT molecular complexity index is 492. The first-order valence-corrected chi connectivity index (χ1v) is 7.74. The average molecular weight is 273 g/mol. The summed E-state index contributed by atoms with van der Waals surface area (Å²) in [4.78, 5) is 13.9. The van der Waals surface area contributed by atoms with Gasteiger partial charge in [-0.05, 0) is 62.8 Å². The maximum Gasteiger partial charge on any atom is 0.159 e. The predicted octanol–water partition coefficient (Wildman–Crippen LogP) is 3.21. The van der Waals surface area contributed by atoms with Gasteiger partial charge in [-0.15, -0.1) is 0 Å². The van der Waals surface area contributed by atoms with E-state index in [1.54, 1.807) is 6.92 Å². The Morgan fingerprint density at radius 1 is 1.35 bits per heavy atom. The minimum absolute atomic E-state index is 0.153. The van der Waals surface area contributed by atoms with E-state index < -0.39 is 0 Å². The maximum atomic E-state index is 11.5. The predicted molar refractivity (Wildman–Crippen MR) is 80.6 cm³/mol. The van der Waals surface area contributed by atoms with Crippen LogP contribution in [0.1, 0.15) is 48.5 Å². The molecule has 2 aliphatic rings.